The molecule has 3 rings (SSSR count). The number of hydrogen-bond acceptors (Lipinski definition) is 4. The maximum Gasteiger partial charge on any atom is 0.227 e. The van der Waals surface area contributed by atoms with Gasteiger partial charge in [-0.2, -0.15) is 5.10 Å². The van der Waals surface area contributed by atoms with Gasteiger partial charge in [0.1, 0.15) is 11.6 Å². The Morgan fingerprint density at radius 2 is 1.79 bits per heavy atom. The van der Waals surface area contributed by atoms with Gasteiger partial charge in [0, 0.05) is 25.9 Å². The van der Waals surface area contributed by atoms with Crippen LogP contribution in [0, 0.1) is 5.92 Å². The molecule has 0 aliphatic rings. The summed E-state index contributed by atoms with van der Waals surface area (Å²) in [7, 11) is 1.97. The first-order chi connectivity index (χ1) is 16.0. The summed E-state index contributed by atoms with van der Waals surface area (Å²) in [4.78, 5) is 15.2. The molecule has 3 atom stereocenters. The number of aromatic amines is 1. The van der Waals surface area contributed by atoms with E-state index in [1.54, 1.807) is 6.20 Å². The lowest BCUT2D eigenvalue weighted by atomic mass is 9.99. The normalized spacial score (nSPS) is 13.7. The molecule has 2 aromatic carbocycles. The van der Waals surface area contributed by atoms with Crippen LogP contribution in [0.2, 0.25) is 0 Å². The maximum absolute atomic E-state index is 13.1. The van der Waals surface area contributed by atoms with Crippen LogP contribution in [0.5, 0.6) is 5.75 Å². The summed E-state index contributed by atoms with van der Waals surface area (Å²) in [6, 6.07) is 19.6. The molecule has 0 saturated carbocycles. The van der Waals surface area contributed by atoms with Gasteiger partial charge in [0.15, 0.2) is 0 Å². The number of hydrogen-bond donors (Lipinski definition) is 2. The molecule has 1 heterocycles. The Morgan fingerprint density at radius 1 is 1.06 bits per heavy atom. The van der Waals surface area contributed by atoms with E-state index in [0.29, 0.717) is 19.1 Å². The molecule has 6 heteroatoms. The highest BCUT2D eigenvalue weighted by molar-refractivity contribution is 5.83. The number of rotatable bonds is 12. The van der Waals surface area contributed by atoms with Gasteiger partial charge in [0.25, 0.3) is 0 Å². The number of H-pyrrole nitrogens is 1. The van der Waals surface area contributed by atoms with Crippen molar-refractivity contribution in [3.05, 3.63) is 78.0 Å². The Kier molecular flexibility index (Phi) is 8.93. The Morgan fingerprint density at radius 3 is 2.42 bits per heavy atom. The molecular weight excluding hydrogens is 412 g/mol. The number of carbonyl (C=O) groups is 1. The lowest BCUT2D eigenvalue weighted by Gasteiger charge is -2.27. The molecule has 1 unspecified atom stereocenters. The summed E-state index contributed by atoms with van der Waals surface area (Å²) in [6.07, 6.45) is 4.11. The molecule has 0 aliphatic carbocycles. The summed E-state index contributed by atoms with van der Waals surface area (Å²) in [5, 5.41) is 10.4. The molecule has 6 nitrogen and oxygen atoms in total. The minimum atomic E-state index is -0.243. The predicted molar refractivity (Wildman–Crippen MR) is 134 cm³/mol. The van der Waals surface area contributed by atoms with Gasteiger partial charge < -0.3 is 15.0 Å². The highest BCUT2D eigenvalue weighted by Crippen LogP contribution is 2.23. The number of ether oxygens (including phenoxy) is 1. The summed E-state index contributed by atoms with van der Waals surface area (Å²) < 4.78 is 5.96. The number of amides is 1. The van der Waals surface area contributed by atoms with E-state index < -0.39 is 0 Å². The lowest BCUT2D eigenvalue weighted by Crippen LogP contribution is -2.38. The van der Waals surface area contributed by atoms with Gasteiger partial charge in [-0.25, -0.2) is 0 Å². The van der Waals surface area contributed by atoms with E-state index in [1.807, 2.05) is 79.5 Å². The van der Waals surface area contributed by atoms with Crippen LogP contribution in [0.4, 0.5) is 5.82 Å². The maximum atomic E-state index is 13.1. The monoisotopic (exact) mass is 448 g/mol. The minimum absolute atomic E-state index is 0.00431. The van der Waals surface area contributed by atoms with Crippen LogP contribution in [-0.4, -0.2) is 36.3 Å². The Hall–Kier alpha value is -3.28. The zero-order chi connectivity index (χ0) is 23.6. The molecule has 0 saturated heterocycles. The Balaban J connectivity index is 1.73. The number of benzene rings is 2. The largest absolute Gasteiger partial charge is 0.493 e. The van der Waals surface area contributed by atoms with E-state index in [4.69, 9.17) is 4.74 Å². The highest BCUT2D eigenvalue weighted by atomic mass is 16.5. The van der Waals surface area contributed by atoms with Crippen LogP contribution in [0.1, 0.15) is 56.7 Å². The molecule has 2 N–H and O–H groups in total. The summed E-state index contributed by atoms with van der Waals surface area (Å²) in [6.45, 7) is 7.64. The van der Waals surface area contributed by atoms with Crippen molar-refractivity contribution in [2.75, 3.05) is 25.1 Å². The molecule has 1 amide bonds. The topological polar surface area (TPSA) is 70.2 Å². The highest BCUT2D eigenvalue weighted by Gasteiger charge is 2.22. The van der Waals surface area contributed by atoms with Crippen LogP contribution in [-0.2, 0) is 4.79 Å². The van der Waals surface area contributed by atoms with Crippen molar-refractivity contribution in [2.24, 2.45) is 5.92 Å². The molecular formula is C27H36N4O2. The third-order valence-electron chi connectivity index (χ3n) is 5.94. The second kappa shape index (κ2) is 12.1. The van der Waals surface area contributed by atoms with Crippen molar-refractivity contribution < 1.29 is 9.53 Å². The van der Waals surface area contributed by atoms with Gasteiger partial charge in [-0.1, -0.05) is 62.7 Å². The first-order valence-corrected chi connectivity index (χ1v) is 11.8. The van der Waals surface area contributed by atoms with Gasteiger partial charge in [-0.15, -0.1) is 0 Å². The van der Waals surface area contributed by atoms with Crippen LogP contribution in [0.3, 0.4) is 0 Å². The van der Waals surface area contributed by atoms with Crippen molar-refractivity contribution in [2.45, 2.75) is 45.6 Å². The smallest absolute Gasteiger partial charge is 0.227 e. The molecule has 1 aromatic heterocycles. The molecule has 0 radical (unpaired) electrons. The van der Waals surface area contributed by atoms with Crippen molar-refractivity contribution in [3.63, 3.8) is 0 Å². The third kappa shape index (κ3) is 7.11. The van der Waals surface area contributed by atoms with E-state index in [9.17, 15) is 4.79 Å². The van der Waals surface area contributed by atoms with Crippen LogP contribution in [0.15, 0.2) is 66.9 Å². The number of anilines is 1. The van der Waals surface area contributed by atoms with Crippen molar-refractivity contribution >= 4 is 11.7 Å². The molecule has 33 heavy (non-hydrogen) atoms. The van der Waals surface area contributed by atoms with E-state index in [-0.39, 0.29) is 17.9 Å². The Labute approximate surface area is 197 Å². The molecule has 0 bridgehead atoms. The standard InChI is InChI=1S/C27H36N4O2/c1-5-9-20(2)19-33-24-14-12-23(13-15-24)25(18-31(4)26-16-17-28-30-26)29-27(32)21(3)22-10-7-6-8-11-22/h6-8,10-17,20-21,25H,5,9,18-19H2,1-4H3,(H,28,30)(H,29,32)/t20?,21-,25-/m0/s1. The number of nitrogens with zero attached hydrogens (tertiary/aromatic N) is 2. The lowest BCUT2D eigenvalue weighted by molar-refractivity contribution is -0.122. The molecule has 0 fully saturated rings. The molecule has 0 spiro atoms. The van der Waals surface area contributed by atoms with Crippen LogP contribution < -0.4 is 15.0 Å². The number of nitrogens with one attached hydrogen (secondary N) is 2. The second-order valence-corrected chi connectivity index (χ2v) is 8.78. The van der Waals surface area contributed by atoms with Crippen LogP contribution in [0.25, 0.3) is 0 Å². The second-order valence-electron chi connectivity index (χ2n) is 8.78. The predicted octanol–water partition coefficient (Wildman–Crippen LogP) is 5.32. The van der Waals surface area contributed by atoms with E-state index in [2.05, 4.69) is 29.4 Å². The fourth-order valence-corrected chi connectivity index (χ4v) is 3.87. The SMILES string of the molecule is CCCC(C)COc1ccc([C@H](CN(C)c2cc[nH]n2)NC(=O)[C@@H](C)c2ccccc2)cc1. The quantitative estimate of drug-likeness (QED) is 0.393. The molecule has 0 aliphatic heterocycles. The summed E-state index contributed by atoms with van der Waals surface area (Å²) in [5.74, 6) is 1.96. The summed E-state index contributed by atoms with van der Waals surface area (Å²) in [5.41, 5.74) is 2.03. The number of likely N-dealkylation sites (N-methyl/N-ethyl adjacent to an activating group) is 1. The van der Waals surface area contributed by atoms with Gasteiger partial charge in [-0.3, -0.25) is 9.89 Å². The number of carbonyl (C=O) groups excluding carboxylic acids is 1. The van der Waals surface area contributed by atoms with Gasteiger partial charge in [0.05, 0.1) is 18.6 Å². The average molecular weight is 449 g/mol. The third-order valence-corrected chi connectivity index (χ3v) is 5.94. The number of aromatic nitrogens is 2. The van der Waals surface area contributed by atoms with E-state index >= 15 is 0 Å². The van der Waals surface area contributed by atoms with Crippen molar-refractivity contribution in [3.8, 4) is 5.75 Å². The average Bonchev–Trinajstić information content (AvgIpc) is 3.38. The fraction of sp³-hybridized carbons (Fsp3) is 0.407. The minimum Gasteiger partial charge on any atom is -0.493 e. The first-order valence-electron chi connectivity index (χ1n) is 11.8. The zero-order valence-corrected chi connectivity index (χ0v) is 20.1. The van der Waals surface area contributed by atoms with Gasteiger partial charge in [0.2, 0.25) is 5.91 Å². The van der Waals surface area contributed by atoms with Crippen LogP contribution >= 0.6 is 0 Å². The van der Waals surface area contributed by atoms with Crippen molar-refractivity contribution in [1.29, 1.82) is 0 Å². The van der Waals surface area contributed by atoms with E-state index in [0.717, 1.165) is 35.5 Å². The zero-order valence-electron chi connectivity index (χ0n) is 20.1. The van der Waals surface area contributed by atoms with Gasteiger partial charge in [-0.05, 0) is 42.5 Å². The molecule has 176 valence electrons. The Bertz CT molecular complexity index is 958. The first kappa shape index (κ1) is 24.4. The van der Waals surface area contributed by atoms with E-state index in [1.165, 1.54) is 0 Å². The molecule has 3 aromatic rings. The van der Waals surface area contributed by atoms with Gasteiger partial charge >= 0.3 is 0 Å². The summed E-state index contributed by atoms with van der Waals surface area (Å²) >= 11 is 0. The fourth-order valence-electron chi connectivity index (χ4n) is 3.87. The van der Waals surface area contributed by atoms with Crippen molar-refractivity contribution in [1.82, 2.24) is 15.5 Å².